The SMILES string of the molecule is NS(=O)(=O)c1ccc(NC(=O)C(=O)NC2CCN(Cc3ccccc3)CC2)cc1. The molecule has 154 valence electrons. The quantitative estimate of drug-likeness (QED) is 0.629. The van der Waals surface area contributed by atoms with Gasteiger partial charge in [-0.25, -0.2) is 13.6 Å². The molecule has 2 aromatic rings. The first-order chi connectivity index (χ1) is 13.8. The van der Waals surface area contributed by atoms with Crippen LogP contribution in [0.2, 0.25) is 0 Å². The Kier molecular flexibility index (Phi) is 6.63. The fraction of sp³-hybridized carbons (Fsp3) is 0.300. The lowest BCUT2D eigenvalue weighted by molar-refractivity contribution is -0.136. The Morgan fingerprint density at radius 2 is 1.59 bits per heavy atom. The van der Waals surface area contributed by atoms with Crippen molar-refractivity contribution in [2.75, 3.05) is 18.4 Å². The molecule has 0 unspecified atom stereocenters. The maximum absolute atomic E-state index is 12.2. The number of hydrogen-bond donors (Lipinski definition) is 3. The van der Waals surface area contributed by atoms with Crippen LogP contribution < -0.4 is 15.8 Å². The van der Waals surface area contributed by atoms with Gasteiger partial charge in [-0.2, -0.15) is 0 Å². The number of amides is 2. The van der Waals surface area contributed by atoms with Crippen LogP contribution in [-0.2, 0) is 26.2 Å². The topological polar surface area (TPSA) is 122 Å². The number of nitrogens with two attached hydrogens (primary N) is 1. The zero-order chi connectivity index (χ0) is 20.9. The lowest BCUT2D eigenvalue weighted by atomic mass is 10.0. The summed E-state index contributed by atoms with van der Waals surface area (Å²) in [5, 5.41) is 10.3. The molecule has 1 fully saturated rings. The van der Waals surface area contributed by atoms with E-state index in [9.17, 15) is 18.0 Å². The number of sulfonamides is 1. The Morgan fingerprint density at radius 1 is 0.966 bits per heavy atom. The molecule has 9 heteroatoms. The summed E-state index contributed by atoms with van der Waals surface area (Å²) in [7, 11) is -3.80. The van der Waals surface area contributed by atoms with E-state index in [-0.39, 0.29) is 10.9 Å². The molecule has 8 nitrogen and oxygen atoms in total. The number of primary sulfonamides is 1. The molecule has 0 aliphatic carbocycles. The minimum Gasteiger partial charge on any atom is -0.345 e. The van der Waals surface area contributed by atoms with Gasteiger partial charge in [0, 0.05) is 31.4 Å². The van der Waals surface area contributed by atoms with E-state index in [1.165, 1.54) is 29.8 Å². The van der Waals surface area contributed by atoms with Crippen molar-refractivity contribution < 1.29 is 18.0 Å². The Balaban J connectivity index is 1.45. The van der Waals surface area contributed by atoms with Crippen molar-refractivity contribution in [2.24, 2.45) is 5.14 Å². The summed E-state index contributed by atoms with van der Waals surface area (Å²) < 4.78 is 22.5. The second-order valence-corrected chi connectivity index (χ2v) is 8.59. The number of anilines is 1. The van der Waals surface area contributed by atoms with Crippen LogP contribution in [0, 0.1) is 0 Å². The van der Waals surface area contributed by atoms with Crippen molar-refractivity contribution in [3.05, 3.63) is 60.2 Å². The number of carbonyl (C=O) groups is 2. The second kappa shape index (κ2) is 9.17. The number of piperidine rings is 1. The predicted molar refractivity (Wildman–Crippen MR) is 109 cm³/mol. The van der Waals surface area contributed by atoms with E-state index in [0.29, 0.717) is 5.69 Å². The molecule has 4 N–H and O–H groups in total. The maximum atomic E-state index is 12.2. The minimum absolute atomic E-state index is 0.0509. The van der Waals surface area contributed by atoms with Gasteiger partial charge < -0.3 is 10.6 Å². The van der Waals surface area contributed by atoms with Gasteiger partial charge in [-0.1, -0.05) is 30.3 Å². The highest BCUT2D eigenvalue weighted by molar-refractivity contribution is 7.89. The Hall–Kier alpha value is -2.75. The summed E-state index contributed by atoms with van der Waals surface area (Å²) in [4.78, 5) is 26.5. The first-order valence-corrected chi connectivity index (χ1v) is 10.9. The number of nitrogens with one attached hydrogen (secondary N) is 2. The van der Waals surface area contributed by atoms with Gasteiger partial charge >= 0.3 is 11.8 Å². The van der Waals surface area contributed by atoms with E-state index in [4.69, 9.17) is 5.14 Å². The fourth-order valence-corrected chi connectivity index (χ4v) is 3.76. The molecule has 1 aliphatic rings. The highest BCUT2D eigenvalue weighted by Crippen LogP contribution is 2.15. The molecular weight excluding hydrogens is 392 g/mol. The number of likely N-dealkylation sites (tertiary alicyclic amines) is 1. The van der Waals surface area contributed by atoms with E-state index in [0.717, 1.165) is 32.5 Å². The van der Waals surface area contributed by atoms with Crippen LogP contribution in [0.3, 0.4) is 0 Å². The third-order valence-corrected chi connectivity index (χ3v) is 5.75. The monoisotopic (exact) mass is 416 g/mol. The summed E-state index contributed by atoms with van der Waals surface area (Å²) in [5.74, 6) is -1.50. The molecule has 1 aliphatic heterocycles. The van der Waals surface area contributed by atoms with Crippen LogP contribution in [0.25, 0.3) is 0 Å². The highest BCUT2D eigenvalue weighted by Gasteiger charge is 2.23. The van der Waals surface area contributed by atoms with Gasteiger partial charge in [0.1, 0.15) is 0 Å². The van der Waals surface area contributed by atoms with Crippen LogP contribution in [0.5, 0.6) is 0 Å². The Bertz CT molecular complexity index is 954. The zero-order valence-corrected chi connectivity index (χ0v) is 16.7. The second-order valence-electron chi connectivity index (χ2n) is 7.03. The lowest BCUT2D eigenvalue weighted by Gasteiger charge is -2.32. The third-order valence-electron chi connectivity index (χ3n) is 4.82. The van der Waals surface area contributed by atoms with Crippen molar-refractivity contribution in [3.63, 3.8) is 0 Å². The highest BCUT2D eigenvalue weighted by atomic mass is 32.2. The molecule has 0 saturated carbocycles. The number of rotatable bonds is 5. The van der Waals surface area contributed by atoms with Gasteiger partial charge in [-0.3, -0.25) is 14.5 Å². The molecule has 2 amide bonds. The van der Waals surface area contributed by atoms with E-state index >= 15 is 0 Å². The standard InChI is InChI=1S/C20H24N4O4S/c21-29(27,28)18-8-6-16(7-9-18)22-19(25)20(26)23-17-10-12-24(13-11-17)14-15-4-2-1-3-5-15/h1-9,17H,10-14H2,(H,22,25)(H,23,26)(H2,21,27,28). The summed E-state index contributed by atoms with van der Waals surface area (Å²) in [6, 6.07) is 15.5. The van der Waals surface area contributed by atoms with Crippen molar-refractivity contribution >= 4 is 27.5 Å². The van der Waals surface area contributed by atoms with E-state index < -0.39 is 21.8 Å². The molecule has 2 aromatic carbocycles. The van der Waals surface area contributed by atoms with Gasteiger partial charge in [0.25, 0.3) is 0 Å². The lowest BCUT2D eigenvalue weighted by Crippen LogP contribution is -2.47. The van der Waals surface area contributed by atoms with E-state index in [1.54, 1.807) is 0 Å². The Labute approximate surface area is 170 Å². The zero-order valence-electron chi connectivity index (χ0n) is 15.9. The number of hydrogen-bond acceptors (Lipinski definition) is 5. The van der Waals surface area contributed by atoms with E-state index in [2.05, 4.69) is 27.7 Å². The van der Waals surface area contributed by atoms with Crippen molar-refractivity contribution in [3.8, 4) is 0 Å². The smallest absolute Gasteiger partial charge is 0.313 e. The average Bonchev–Trinajstić information content (AvgIpc) is 2.70. The first kappa shape index (κ1) is 21.0. The van der Waals surface area contributed by atoms with Crippen LogP contribution in [-0.4, -0.2) is 44.3 Å². The van der Waals surface area contributed by atoms with Crippen molar-refractivity contribution in [1.29, 1.82) is 0 Å². The minimum atomic E-state index is -3.80. The molecule has 1 heterocycles. The molecule has 0 spiro atoms. The van der Waals surface area contributed by atoms with Gasteiger partial charge in [-0.05, 0) is 42.7 Å². The molecule has 29 heavy (non-hydrogen) atoms. The molecule has 0 radical (unpaired) electrons. The summed E-state index contributed by atoms with van der Waals surface area (Å²) in [6.07, 6.45) is 1.55. The summed E-state index contributed by atoms with van der Waals surface area (Å²) in [6.45, 7) is 2.56. The number of benzene rings is 2. The van der Waals surface area contributed by atoms with Crippen LogP contribution >= 0.6 is 0 Å². The van der Waals surface area contributed by atoms with Gasteiger partial charge in [-0.15, -0.1) is 0 Å². The fourth-order valence-electron chi connectivity index (χ4n) is 3.24. The molecule has 0 atom stereocenters. The largest absolute Gasteiger partial charge is 0.345 e. The van der Waals surface area contributed by atoms with Crippen LogP contribution in [0.15, 0.2) is 59.5 Å². The normalized spacial score (nSPS) is 15.6. The van der Waals surface area contributed by atoms with Crippen molar-refractivity contribution in [2.45, 2.75) is 30.3 Å². The van der Waals surface area contributed by atoms with Gasteiger partial charge in [0.15, 0.2) is 0 Å². The molecule has 3 rings (SSSR count). The van der Waals surface area contributed by atoms with Crippen LogP contribution in [0.1, 0.15) is 18.4 Å². The maximum Gasteiger partial charge on any atom is 0.313 e. The molecule has 1 saturated heterocycles. The van der Waals surface area contributed by atoms with E-state index in [1.807, 2.05) is 18.2 Å². The first-order valence-electron chi connectivity index (χ1n) is 9.32. The summed E-state index contributed by atoms with van der Waals surface area (Å²) >= 11 is 0. The number of carbonyl (C=O) groups excluding carboxylic acids is 2. The van der Waals surface area contributed by atoms with Gasteiger partial charge in [0.2, 0.25) is 10.0 Å². The van der Waals surface area contributed by atoms with Crippen molar-refractivity contribution in [1.82, 2.24) is 10.2 Å². The summed E-state index contributed by atoms with van der Waals surface area (Å²) in [5.41, 5.74) is 1.57. The molecule has 0 aromatic heterocycles. The van der Waals surface area contributed by atoms with Gasteiger partial charge in [0.05, 0.1) is 4.90 Å². The molecule has 0 bridgehead atoms. The Morgan fingerprint density at radius 3 is 2.17 bits per heavy atom. The van der Waals surface area contributed by atoms with Crippen LogP contribution in [0.4, 0.5) is 5.69 Å². The average molecular weight is 417 g/mol. The molecular formula is C20H24N4O4S. The number of nitrogens with zero attached hydrogens (tertiary/aromatic N) is 1. The third kappa shape index (κ3) is 6.11. The predicted octanol–water partition coefficient (Wildman–Crippen LogP) is 1.05.